The van der Waals surface area contributed by atoms with Crippen molar-refractivity contribution >= 4 is 11.9 Å². The molecule has 1 N–H and O–H groups in total. The molecule has 0 fully saturated rings. The first kappa shape index (κ1) is 25.5. The predicted octanol–water partition coefficient (Wildman–Crippen LogP) is 4.61. The first-order valence-corrected chi connectivity index (χ1v) is 11.9. The van der Waals surface area contributed by atoms with Gasteiger partial charge in [-0.3, -0.25) is 4.79 Å². The Bertz CT molecular complexity index is 1320. The molecule has 8 nitrogen and oxygen atoms in total. The monoisotopic (exact) mass is 498 g/mol. The number of nitrogens with one attached hydrogen (secondary N) is 1. The van der Waals surface area contributed by atoms with Crippen LogP contribution >= 0.6 is 0 Å². The highest BCUT2D eigenvalue weighted by Gasteiger charge is 2.19. The van der Waals surface area contributed by atoms with Crippen molar-refractivity contribution in [1.29, 1.82) is 0 Å². The average molecular weight is 499 g/mol. The summed E-state index contributed by atoms with van der Waals surface area (Å²) in [6.07, 6.45) is 1.56. The largest absolute Gasteiger partial charge is 0.493 e. The highest BCUT2D eigenvalue weighted by atomic mass is 16.5. The summed E-state index contributed by atoms with van der Waals surface area (Å²) in [5, 5.41) is 2.91. The lowest BCUT2D eigenvalue weighted by Gasteiger charge is -2.19. The molecule has 0 saturated carbocycles. The number of ether oxygens (including phenoxy) is 3. The van der Waals surface area contributed by atoms with E-state index in [4.69, 9.17) is 19.2 Å². The van der Waals surface area contributed by atoms with Gasteiger partial charge in [0.15, 0.2) is 11.5 Å². The predicted molar refractivity (Wildman–Crippen MR) is 143 cm³/mol. The van der Waals surface area contributed by atoms with Gasteiger partial charge in [-0.2, -0.15) is 0 Å². The Balaban J connectivity index is 1.58. The fraction of sp³-hybridized carbons (Fsp3) is 0.207. The Morgan fingerprint density at radius 2 is 1.62 bits per heavy atom. The maximum absolute atomic E-state index is 13.2. The molecule has 1 aromatic heterocycles. The number of benzene rings is 3. The zero-order chi connectivity index (χ0) is 26.0. The first-order valence-electron chi connectivity index (χ1n) is 11.9. The maximum Gasteiger partial charge on any atom is 0.255 e. The molecule has 0 spiro atoms. The molecule has 0 unspecified atom stereocenters. The van der Waals surface area contributed by atoms with E-state index in [-0.39, 0.29) is 5.91 Å². The summed E-state index contributed by atoms with van der Waals surface area (Å²) in [6, 6.07) is 25.0. The molecule has 1 amide bonds. The van der Waals surface area contributed by atoms with Gasteiger partial charge in [-0.15, -0.1) is 0 Å². The van der Waals surface area contributed by atoms with Crippen LogP contribution in [0.2, 0.25) is 0 Å². The highest BCUT2D eigenvalue weighted by Crippen LogP contribution is 2.33. The minimum absolute atomic E-state index is 0.293. The fourth-order valence-electron chi connectivity index (χ4n) is 3.80. The van der Waals surface area contributed by atoms with Gasteiger partial charge in [0.05, 0.1) is 32.0 Å². The van der Waals surface area contributed by atoms with Gasteiger partial charge in [-0.1, -0.05) is 48.5 Å². The van der Waals surface area contributed by atoms with Crippen LogP contribution in [-0.2, 0) is 6.54 Å². The molecule has 190 valence electrons. The zero-order valence-corrected chi connectivity index (χ0v) is 21.2. The zero-order valence-electron chi connectivity index (χ0n) is 21.2. The van der Waals surface area contributed by atoms with Crippen LogP contribution in [0.3, 0.4) is 0 Å². The average Bonchev–Trinajstić information content (AvgIpc) is 2.95. The Kier molecular flexibility index (Phi) is 8.54. The number of carbonyl (C=O) groups is 1. The van der Waals surface area contributed by atoms with Crippen molar-refractivity contribution in [2.24, 2.45) is 0 Å². The van der Waals surface area contributed by atoms with E-state index < -0.39 is 0 Å². The summed E-state index contributed by atoms with van der Waals surface area (Å²) in [6.45, 7) is 1.28. The number of rotatable bonds is 11. The Labute approximate surface area is 216 Å². The number of amides is 1. The van der Waals surface area contributed by atoms with Crippen LogP contribution in [0.15, 0.2) is 85.1 Å². The van der Waals surface area contributed by atoms with Crippen LogP contribution in [0, 0.1) is 0 Å². The van der Waals surface area contributed by atoms with Gasteiger partial charge >= 0.3 is 0 Å². The van der Waals surface area contributed by atoms with Gasteiger partial charge in [-0.25, -0.2) is 9.97 Å². The Morgan fingerprint density at radius 1 is 0.919 bits per heavy atom. The third kappa shape index (κ3) is 6.55. The molecular weight excluding hydrogens is 468 g/mol. The molecule has 0 saturated heterocycles. The number of hydrogen-bond donors (Lipinski definition) is 1. The van der Waals surface area contributed by atoms with Crippen molar-refractivity contribution in [3.05, 3.63) is 96.2 Å². The molecule has 8 heteroatoms. The molecule has 0 radical (unpaired) electrons. The van der Waals surface area contributed by atoms with E-state index in [1.165, 1.54) is 0 Å². The second kappa shape index (κ2) is 12.4. The quantitative estimate of drug-likeness (QED) is 0.302. The van der Waals surface area contributed by atoms with Crippen molar-refractivity contribution in [3.63, 3.8) is 0 Å². The van der Waals surface area contributed by atoms with Crippen molar-refractivity contribution in [2.45, 2.75) is 6.54 Å². The van der Waals surface area contributed by atoms with Gasteiger partial charge in [0.2, 0.25) is 5.95 Å². The Morgan fingerprint density at radius 3 is 2.32 bits per heavy atom. The molecule has 1 heterocycles. The molecule has 4 aromatic rings. The molecule has 0 bridgehead atoms. The minimum atomic E-state index is -0.293. The van der Waals surface area contributed by atoms with E-state index in [0.717, 1.165) is 11.3 Å². The van der Waals surface area contributed by atoms with E-state index in [2.05, 4.69) is 10.3 Å². The maximum atomic E-state index is 13.2. The number of para-hydroxylation sites is 1. The summed E-state index contributed by atoms with van der Waals surface area (Å²) >= 11 is 0. The molecule has 4 rings (SSSR count). The summed E-state index contributed by atoms with van der Waals surface area (Å²) < 4.78 is 16.5. The molecule has 0 aliphatic carbocycles. The lowest BCUT2D eigenvalue weighted by Crippen LogP contribution is -2.29. The van der Waals surface area contributed by atoms with Crippen LogP contribution in [0.25, 0.3) is 11.3 Å². The third-order valence-corrected chi connectivity index (χ3v) is 5.68. The summed E-state index contributed by atoms with van der Waals surface area (Å²) in [5.41, 5.74) is 2.68. The fourth-order valence-corrected chi connectivity index (χ4v) is 3.80. The molecule has 3 aromatic carbocycles. The van der Waals surface area contributed by atoms with Gasteiger partial charge in [0, 0.05) is 25.4 Å². The summed E-state index contributed by atoms with van der Waals surface area (Å²) in [7, 11) is 5.07. The minimum Gasteiger partial charge on any atom is -0.493 e. The molecule has 0 atom stereocenters. The van der Waals surface area contributed by atoms with Gasteiger partial charge in [0.25, 0.3) is 5.91 Å². The Hall–Kier alpha value is -4.59. The third-order valence-electron chi connectivity index (χ3n) is 5.68. The number of aromatic nitrogens is 2. The van der Waals surface area contributed by atoms with Crippen LogP contribution < -0.4 is 24.4 Å². The summed E-state index contributed by atoms with van der Waals surface area (Å²) in [4.78, 5) is 24.4. The molecule has 0 aliphatic heterocycles. The van der Waals surface area contributed by atoms with Gasteiger partial charge in [0.1, 0.15) is 12.4 Å². The first-order chi connectivity index (χ1) is 18.1. The smallest absolute Gasteiger partial charge is 0.255 e. The highest BCUT2D eigenvalue weighted by molar-refractivity contribution is 6.00. The normalized spacial score (nSPS) is 10.5. The van der Waals surface area contributed by atoms with Crippen LogP contribution in [0.4, 0.5) is 5.95 Å². The molecular formula is C29H30N4O4. The van der Waals surface area contributed by atoms with E-state index >= 15 is 0 Å². The number of methoxy groups -OCH3 is 2. The second-order valence-electron chi connectivity index (χ2n) is 8.26. The number of hydrogen-bond acceptors (Lipinski definition) is 7. The van der Waals surface area contributed by atoms with E-state index in [0.29, 0.717) is 54.0 Å². The lowest BCUT2D eigenvalue weighted by molar-refractivity contribution is 0.0947. The van der Waals surface area contributed by atoms with Crippen molar-refractivity contribution < 1.29 is 19.0 Å². The second-order valence-corrected chi connectivity index (χ2v) is 8.26. The van der Waals surface area contributed by atoms with Gasteiger partial charge in [-0.05, 0) is 35.9 Å². The molecule has 37 heavy (non-hydrogen) atoms. The number of nitrogens with zero attached hydrogens (tertiary/aromatic N) is 3. The van der Waals surface area contributed by atoms with E-state index in [1.807, 2.05) is 78.7 Å². The van der Waals surface area contributed by atoms with Crippen molar-refractivity contribution in [1.82, 2.24) is 15.3 Å². The van der Waals surface area contributed by atoms with E-state index in [1.54, 1.807) is 32.5 Å². The number of anilines is 1. The van der Waals surface area contributed by atoms with Gasteiger partial charge < -0.3 is 24.4 Å². The van der Waals surface area contributed by atoms with Crippen molar-refractivity contribution in [3.8, 4) is 28.5 Å². The lowest BCUT2D eigenvalue weighted by atomic mass is 10.1. The summed E-state index contributed by atoms with van der Waals surface area (Å²) in [5.74, 6) is 2.08. The van der Waals surface area contributed by atoms with Crippen LogP contribution in [-0.4, -0.2) is 50.3 Å². The van der Waals surface area contributed by atoms with Crippen LogP contribution in [0.5, 0.6) is 17.2 Å². The van der Waals surface area contributed by atoms with Crippen LogP contribution in [0.1, 0.15) is 15.9 Å². The van der Waals surface area contributed by atoms with Crippen molar-refractivity contribution in [2.75, 3.05) is 39.3 Å². The number of carbonyl (C=O) groups excluding carboxylic acids is 1. The van der Waals surface area contributed by atoms with E-state index in [9.17, 15) is 4.79 Å². The topological polar surface area (TPSA) is 85.8 Å². The SMILES string of the molecule is COc1ccc(-c2nc(N(C)Cc3ccccc3)ncc2C(=O)NCCOc2ccccc2)cc1OC. The molecule has 0 aliphatic rings. The standard InChI is InChI=1S/C29H30N4O4/c1-33(20-21-10-6-4-7-11-21)29-31-19-24(28(34)30-16-17-37-23-12-8-5-9-13-23)27(32-29)22-14-15-25(35-2)26(18-22)36-3/h4-15,18-19H,16-17,20H2,1-3H3,(H,30,34).